The second kappa shape index (κ2) is 8.53. The lowest BCUT2D eigenvalue weighted by atomic mass is 9.79. The third kappa shape index (κ3) is 5.90. The number of nitrogens with one attached hydrogen (secondary N) is 1. The molecular formula is C19H38N2. The highest BCUT2D eigenvalue weighted by atomic mass is 15.2. The normalized spacial score (nSPS) is 22.7. The van der Waals surface area contributed by atoms with Crippen molar-refractivity contribution in [2.75, 3.05) is 26.2 Å². The van der Waals surface area contributed by atoms with E-state index in [2.05, 4.69) is 31.0 Å². The van der Waals surface area contributed by atoms with Crippen LogP contribution in [0.4, 0.5) is 0 Å². The van der Waals surface area contributed by atoms with E-state index in [0.717, 1.165) is 12.0 Å². The first-order valence-electron chi connectivity index (χ1n) is 9.60. The second-order valence-corrected chi connectivity index (χ2v) is 8.14. The summed E-state index contributed by atoms with van der Waals surface area (Å²) in [6, 6.07) is 0.926. The van der Waals surface area contributed by atoms with Crippen LogP contribution in [0.15, 0.2) is 0 Å². The number of rotatable bonds is 9. The van der Waals surface area contributed by atoms with Crippen molar-refractivity contribution in [2.45, 2.75) is 84.6 Å². The zero-order chi connectivity index (χ0) is 15.1. The van der Waals surface area contributed by atoms with Crippen LogP contribution in [0.1, 0.15) is 78.6 Å². The Balaban J connectivity index is 1.95. The maximum absolute atomic E-state index is 3.80. The van der Waals surface area contributed by atoms with Gasteiger partial charge in [0.25, 0.3) is 0 Å². The maximum atomic E-state index is 3.80. The van der Waals surface area contributed by atoms with Gasteiger partial charge in [-0.2, -0.15) is 0 Å². The zero-order valence-electron chi connectivity index (χ0n) is 14.8. The van der Waals surface area contributed by atoms with E-state index in [9.17, 15) is 0 Å². The molecule has 21 heavy (non-hydrogen) atoms. The predicted octanol–water partition coefficient (Wildman–Crippen LogP) is 4.45. The Kier molecular flexibility index (Phi) is 7.01. The average Bonchev–Trinajstić information content (AvgIpc) is 3.26. The zero-order valence-corrected chi connectivity index (χ0v) is 14.8. The molecule has 0 aromatic carbocycles. The Hall–Kier alpha value is -0.0800. The molecule has 0 atom stereocenters. The number of nitrogens with zero attached hydrogens (tertiary/aromatic N) is 1. The van der Waals surface area contributed by atoms with Gasteiger partial charge in [0, 0.05) is 19.1 Å². The minimum Gasteiger partial charge on any atom is -0.316 e. The SMILES string of the molecule is CCCN(CC1(CNCC(C)C)CCCCCC1)C1CC1. The Morgan fingerprint density at radius 2 is 1.76 bits per heavy atom. The van der Waals surface area contributed by atoms with Crippen molar-refractivity contribution in [1.29, 1.82) is 0 Å². The fourth-order valence-electron chi connectivity index (χ4n) is 4.04. The molecule has 0 heterocycles. The van der Waals surface area contributed by atoms with Crippen LogP contribution < -0.4 is 5.32 Å². The lowest BCUT2D eigenvalue weighted by Crippen LogP contribution is -2.45. The van der Waals surface area contributed by atoms with Gasteiger partial charge in [-0.3, -0.25) is 4.90 Å². The summed E-state index contributed by atoms with van der Waals surface area (Å²) in [5.74, 6) is 0.767. The van der Waals surface area contributed by atoms with E-state index in [0.29, 0.717) is 5.41 Å². The van der Waals surface area contributed by atoms with Gasteiger partial charge in [0.15, 0.2) is 0 Å². The molecule has 2 rings (SSSR count). The van der Waals surface area contributed by atoms with Crippen molar-refractivity contribution in [2.24, 2.45) is 11.3 Å². The van der Waals surface area contributed by atoms with Gasteiger partial charge in [-0.25, -0.2) is 0 Å². The molecule has 0 amide bonds. The molecule has 2 aliphatic rings. The van der Waals surface area contributed by atoms with Gasteiger partial charge in [-0.15, -0.1) is 0 Å². The summed E-state index contributed by atoms with van der Waals surface area (Å²) in [5, 5.41) is 3.80. The van der Waals surface area contributed by atoms with Crippen molar-refractivity contribution in [3.8, 4) is 0 Å². The first-order valence-corrected chi connectivity index (χ1v) is 9.60. The molecular weight excluding hydrogens is 256 g/mol. The summed E-state index contributed by atoms with van der Waals surface area (Å²) < 4.78 is 0. The van der Waals surface area contributed by atoms with Crippen LogP contribution in [0.5, 0.6) is 0 Å². The minimum atomic E-state index is 0.559. The van der Waals surface area contributed by atoms with E-state index in [1.165, 1.54) is 84.0 Å². The molecule has 0 aromatic rings. The summed E-state index contributed by atoms with van der Waals surface area (Å²) in [5.41, 5.74) is 0.559. The van der Waals surface area contributed by atoms with E-state index in [-0.39, 0.29) is 0 Å². The Labute approximate surface area is 133 Å². The largest absolute Gasteiger partial charge is 0.316 e. The first-order chi connectivity index (χ1) is 10.2. The average molecular weight is 295 g/mol. The van der Waals surface area contributed by atoms with Gasteiger partial charge < -0.3 is 5.32 Å². The van der Waals surface area contributed by atoms with Gasteiger partial charge in [-0.1, -0.05) is 46.5 Å². The third-order valence-electron chi connectivity index (χ3n) is 5.33. The molecule has 2 aliphatic carbocycles. The smallest absolute Gasteiger partial charge is 0.00966 e. The predicted molar refractivity (Wildman–Crippen MR) is 92.7 cm³/mol. The Bertz CT molecular complexity index is 275. The van der Waals surface area contributed by atoms with Gasteiger partial charge in [-0.05, 0) is 56.5 Å². The molecule has 0 unspecified atom stereocenters. The van der Waals surface area contributed by atoms with E-state index in [1.54, 1.807) is 0 Å². The van der Waals surface area contributed by atoms with Crippen molar-refractivity contribution in [1.82, 2.24) is 10.2 Å². The molecule has 1 N–H and O–H groups in total. The van der Waals surface area contributed by atoms with Gasteiger partial charge >= 0.3 is 0 Å². The van der Waals surface area contributed by atoms with Crippen molar-refractivity contribution >= 4 is 0 Å². The van der Waals surface area contributed by atoms with Crippen LogP contribution in [0.3, 0.4) is 0 Å². The number of hydrogen-bond donors (Lipinski definition) is 1. The minimum absolute atomic E-state index is 0.559. The summed E-state index contributed by atoms with van der Waals surface area (Å²) >= 11 is 0. The maximum Gasteiger partial charge on any atom is 0.00966 e. The molecule has 2 saturated carbocycles. The van der Waals surface area contributed by atoms with Crippen LogP contribution in [0.25, 0.3) is 0 Å². The van der Waals surface area contributed by atoms with Crippen LogP contribution in [-0.4, -0.2) is 37.1 Å². The topological polar surface area (TPSA) is 15.3 Å². The van der Waals surface area contributed by atoms with Gasteiger partial charge in [0.05, 0.1) is 0 Å². The van der Waals surface area contributed by atoms with Crippen LogP contribution in [0, 0.1) is 11.3 Å². The lowest BCUT2D eigenvalue weighted by molar-refractivity contribution is 0.120. The summed E-state index contributed by atoms with van der Waals surface area (Å²) in [6.07, 6.45) is 12.9. The molecule has 2 heteroatoms. The van der Waals surface area contributed by atoms with Gasteiger partial charge in [0.1, 0.15) is 0 Å². The van der Waals surface area contributed by atoms with E-state index >= 15 is 0 Å². The Morgan fingerprint density at radius 1 is 1.10 bits per heavy atom. The molecule has 0 saturated heterocycles. The highest BCUT2D eigenvalue weighted by Crippen LogP contribution is 2.38. The van der Waals surface area contributed by atoms with E-state index < -0.39 is 0 Å². The van der Waals surface area contributed by atoms with Crippen LogP contribution in [0.2, 0.25) is 0 Å². The van der Waals surface area contributed by atoms with E-state index in [1.807, 2.05) is 0 Å². The molecule has 2 nitrogen and oxygen atoms in total. The molecule has 0 spiro atoms. The molecule has 0 aromatic heterocycles. The Morgan fingerprint density at radius 3 is 2.29 bits per heavy atom. The third-order valence-corrected chi connectivity index (χ3v) is 5.33. The van der Waals surface area contributed by atoms with Crippen molar-refractivity contribution in [3.05, 3.63) is 0 Å². The highest BCUT2D eigenvalue weighted by Gasteiger charge is 2.37. The van der Waals surface area contributed by atoms with E-state index in [4.69, 9.17) is 0 Å². The highest BCUT2D eigenvalue weighted by molar-refractivity contribution is 4.92. The second-order valence-electron chi connectivity index (χ2n) is 8.14. The van der Waals surface area contributed by atoms with Gasteiger partial charge in [0.2, 0.25) is 0 Å². The van der Waals surface area contributed by atoms with Crippen LogP contribution >= 0.6 is 0 Å². The fraction of sp³-hybridized carbons (Fsp3) is 1.00. The summed E-state index contributed by atoms with van der Waals surface area (Å²) in [7, 11) is 0. The standard InChI is InChI=1S/C19H38N2/c1-4-13-21(18-9-10-18)16-19(15-20-14-17(2)3)11-7-5-6-8-12-19/h17-18,20H,4-16H2,1-3H3. The number of hydrogen-bond acceptors (Lipinski definition) is 2. The molecule has 124 valence electrons. The molecule has 0 radical (unpaired) electrons. The first kappa shape index (κ1) is 17.3. The lowest BCUT2D eigenvalue weighted by Gasteiger charge is -2.39. The van der Waals surface area contributed by atoms with Crippen LogP contribution in [-0.2, 0) is 0 Å². The molecule has 0 bridgehead atoms. The molecule has 0 aliphatic heterocycles. The summed E-state index contributed by atoms with van der Waals surface area (Å²) in [4.78, 5) is 2.84. The summed E-state index contributed by atoms with van der Waals surface area (Å²) in [6.45, 7) is 12.1. The van der Waals surface area contributed by atoms with Crippen molar-refractivity contribution < 1.29 is 0 Å². The molecule has 2 fully saturated rings. The monoisotopic (exact) mass is 294 g/mol. The fourth-order valence-corrected chi connectivity index (χ4v) is 4.04. The van der Waals surface area contributed by atoms with Crippen molar-refractivity contribution in [3.63, 3.8) is 0 Å². The quantitative estimate of drug-likeness (QED) is 0.632.